The Morgan fingerprint density at radius 3 is 2.38 bits per heavy atom. The molecule has 8 nitrogen and oxygen atoms in total. The highest BCUT2D eigenvalue weighted by molar-refractivity contribution is 7.13. The summed E-state index contributed by atoms with van der Waals surface area (Å²) in [6, 6.07) is 8.76. The fourth-order valence-corrected chi connectivity index (χ4v) is 6.18. The Bertz CT molecular complexity index is 1280. The number of rotatable bonds is 9. The number of benzene rings is 1. The Labute approximate surface area is 241 Å². The molecule has 1 unspecified atom stereocenters. The molecular formula is C31H41N5O3S. The van der Waals surface area contributed by atoms with Crippen LogP contribution in [0, 0.1) is 35.0 Å². The number of amides is 3. The van der Waals surface area contributed by atoms with Crippen molar-refractivity contribution >= 4 is 29.1 Å². The molecule has 214 valence electrons. The van der Waals surface area contributed by atoms with Crippen molar-refractivity contribution in [2.24, 2.45) is 16.7 Å². The zero-order valence-electron chi connectivity index (χ0n) is 24.4. The maximum atomic E-state index is 13.8. The van der Waals surface area contributed by atoms with Crippen LogP contribution in [0.4, 0.5) is 0 Å². The number of carbonyl (C=O) groups is 3. The number of hydrogen-bond donors (Lipinski definition) is 2. The van der Waals surface area contributed by atoms with Crippen LogP contribution in [0.3, 0.4) is 0 Å². The molecule has 3 amide bonds. The number of aryl methyl sites for hydroxylation is 1. The van der Waals surface area contributed by atoms with E-state index in [0.717, 1.165) is 28.1 Å². The Morgan fingerprint density at radius 2 is 1.85 bits per heavy atom. The summed E-state index contributed by atoms with van der Waals surface area (Å²) in [6.45, 7) is 12.4. The minimum absolute atomic E-state index is 0.173. The summed E-state index contributed by atoms with van der Waals surface area (Å²) < 4.78 is 0. The van der Waals surface area contributed by atoms with Crippen molar-refractivity contribution in [3.8, 4) is 16.5 Å². The van der Waals surface area contributed by atoms with Gasteiger partial charge < -0.3 is 15.5 Å². The summed E-state index contributed by atoms with van der Waals surface area (Å²) in [4.78, 5) is 47.5. The maximum Gasteiger partial charge on any atom is 0.246 e. The lowest BCUT2D eigenvalue weighted by Crippen LogP contribution is -2.58. The van der Waals surface area contributed by atoms with Crippen LogP contribution in [-0.4, -0.2) is 46.2 Å². The first kappa shape index (κ1) is 29.7. The normalized spacial score (nSPS) is 19.6. The molecule has 2 heterocycles. The first-order valence-corrected chi connectivity index (χ1v) is 15.1. The largest absolute Gasteiger partial charge is 0.347 e. The molecule has 0 radical (unpaired) electrons. The smallest absolute Gasteiger partial charge is 0.246 e. The van der Waals surface area contributed by atoms with Gasteiger partial charge in [-0.05, 0) is 61.5 Å². The molecule has 9 heteroatoms. The molecule has 1 aromatic heterocycles. The molecule has 2 N–H and O–H groups in total. The van der Waals surface area contributed by atoms with E-state index in [9.17, 15) is 19.6 Å². The highest BCUT2D eigenvalue weighted by atomic mass is 32.1. The molecule has 3 atom stereocenters. The van der Waals surface area contributed by atoms with Gasteiger partial charge in [0.15, 0.2) is 0 Å². The van der Waals surface area contributed by atoms with E-state index in [-0.39, 0.29) is 17.9 Å². The van der Waals surface area contributed by atoms with E-state index in [1.54, 1.807) is 16.2 Å². The third-order valence-electron chi connectivity index (χ3n) is 7.97. The second-order valence-corrected chi connectivity index (χ2v) is 13.6. The van der Waals surface area contributed by atoms with Gasteiger partial charge in [0.1, 0.15) is 17.5 Å². The Hall–Kier alpha value is -3.25. The van der Waals surface area contributed by atoms with Gasteiger partial charge in [-0.3, -0.25) is 14.4 Å². The SMILES string of the molecule is Cc1ncsc1-c1ccc(C(CC(C)C)NC(=O)[C@@H]2CCCN2C(=O)[C@@H](NC(=O)C2(C#N)CC2)C(C)(C)C)cc1. The van der Waals surface area contributed by atoms with Crippen LogP contribution in [0.25, 0.3) is 10.4 Å². The molecule has 0 spiro atoms. The molecule has 2 aliphatic rings. The fraction of sp³-hybridized carbons (Fsp3) is 0.581. The zero-order chi connectivity index (χ0) is 29.2. The third-order valence-corrected chi connectivity index (χ3v) is 8.95. The molecule has 1 saturated carbocycles. The van der Waals surface area contributed by atoms with Crippen LogP contribution >= 0.6 is 11.3 Å². The Kier molecular flexibility index (Phi) is 8.69. The van der Waals surface area contributed by atoms with Gasteiger partial charge in [0.25, 0.3) is 0 Å². The summed E-state index contributed by atoms with van der Waals surface area (Å²) in [5, 5.41) is 15.6. The number of nitrogens with zero attached hydrogens (tertiary/aromatic N) is 3. The van der Waals surface area contributed by atoms with Gasteiger partial charge >= 0.3 is 0 Å². The van der Waals surface area contributed by atoms with E-state index in [2.05, 4.69) is 59.8 Å². The standard InChI is InChI=1S/C31H41N5O3S/c1-19(2)16-23(21-9-11-22(12-10-21)25-20(3)33-18-40-25)34-27(37)24-8-7-15-36(24)28(38)26(30(4,5)6)35-29(39)31(17-32)13-14-31/h9-12,18-19,23-24,26H,7-8,13-16H2,1-6H3,(H,34,37)(H,35,39)/t23?,24-,26+/m0/s1. The van der Waals surface area contributed by atoms with Gasteiger partial charge in [0.05, 0.1) is 28.2 Å². The monoisotopic (exact) mass is 563 g/mol. The van der Waals surface area contributed by atoms with Crippen LogP contribution < -0.4 is 10.6 Å². The highest BCUT2D eigenvalue weighted by Crippen LogP contribution is 2.45. The van der Waals surface area contributed by atoms with Crippen LogP contribution in [0.15, 0.2) is 29.8 Å². The number of carbonyl (C=O) groups excluding carboxylic acids is 3. The van der Waals surface area contributed by atoms with Crippen molar-refractivity contribution in [2.45, 2.75) is 91.8 Å². The first-order chi connectivity index (χ1) is 18.9. The lowest BCUT2D eigenvalue weighted by molar-refractivity contribution is -0.144. The van der Waals surface area contributed by atoms with Gasteiger partial charge in [0.2, 0.25) is 17.7 Å². The quantitative estimate of drug-likeness (QED) is 0.438. The predicted octanol–water partition coefficient (Wildman–Crippen LogP) is 5.15. The van der Waals surface area contributed by atoms with Gasteiger partial charge in [0, 0.05) is 6.54 Å². The molecule has 4 rings (SSSR count). The lowest BCUT2D eigenvalue weighted by atomic mass is 9.85. The molecule has 1 aliphatic carbocycles. The third kappa shape index (κ3) is 6.38. The van der Waals surface area contributed by atoms with E-state index >= 15 is 0 Å². The predicted molar refractivity (Wildman–Crippen MR) is 156 cm³/mol. The van der Waals surface area contributed by atoms with E-state index < -0.39 is 28.8 Å². The minimum atomic E-state index is -1.02. The fourth-order valence-electron chi connectivity index (χ4n) is 5.36. The van der Waals surface area contributed by atoms with Crippen molar-refractivity contribution < 1.29 is 14.4 Å². The number of nitrogens with one attached hydrogen (secondary N) is 2. The molecule has 2 aromatic rings. The van der Waals surface area contributed by atoms with Crippen molar-refractivity contribution in [1.29, 1.82) is 5.26 Å². The number of thiazole rings is 1. The second-order valence-electron chi connectivity index (χ2n) is 12.7. The molecular weight excluding hydrogens is 522 g/mol. The summed E-state index contributed by atoms with van der Waals surface area (Å²) >= 11 is 1.61. The summed E-state index contributed by atoms with van der Waals surface area (Å²) in [7, 11) is 0. The Morgan fingerprint density at radius 1 is 1.18 bits per heavy atom. The number of nitriles is 1. The van der Waals surface area contributed by atoms with Gasteiger partial charge in [-0.2, -0.15) is 5.26 Å². The second kappa shape index (κ2) is 11.7. The summed E-state index contributed by atoms with van der Waals surface area (Å²) in [5.74, 6) is -0.478. The topological polar surface area (TPSA) is 115 Å². The van der Waals surface area contributed by atoms with Gasteiger partial charge in [-0.15, -0.1) is 11.3 Å². The van der Waals surface area contributed by atoms with E-state index in [1.807, 2.05) is 33.2 Å². The van der Waals surface area contributed by atoms with Crippen molar-refractivity contribution in [3.05, 3.63) is 41.0 Å². The Balaban J connectivity index is 1.50. The van der Waals surface area contributed by atoms with Gasteiger partial charge in [-0.25, -0.2) is 4.98 Å². The van der Waals surface area contributed by atoms with Crippen molar-refractivity contribution in [2.75, 3.05) is 6.54 Å². The van der Waals surface area contributed by atoms with E-state index in [0.29, 0.717) is 38.1 Å². The number of likely N-dealkylation sites (tertiary alicyclic amines) is 1. The first-order valence-electron chi connectivity index (χ1n) is 14.2. The van der Waals surface area contributed by atoms with E-state index in [4.69, 9.17) is 0 Å². The van der Waals surface area contributed by atoms with Crippen LogP contribution in [0.1, 0.15) is 84.0 Å². The van der Waals surface area contributed by atoms with Crippen molar-refractivity contribution in [3.63, 3.8) is 0 Å². The highest BCUT2D eigenvalue weighted by Gasteiger charge is 2.53. The van der Waals surface area contributed by atoms with E-state index in [1.165, 1.54) is 0 Å². The molecule has 1 saturated heterocycles. The molecule has 1 aliphatic heterocycles. The van der Waals surface area contributed by atoms with Gasteiger partial charge in [-0.1, -0.05) is 58.9 Å². The van der Waals surface area contributed by atoms with Crippen molar-refractivity contribution in [1.82, 2.24) is 20.5 Å². The average Bonchev–Trinajstić information content (AvgIpc) is 3.33. The maximum absolute atomic E-state index is 13.8. The number of aromatic nitrogens is 1. The minimum Gasteiger partial charge on any atom is -0.347 e. The van der Waals surface area contributed by atoms with Crippen LogP contribution in [-0.2, 0) is 14.4 Å². The summed E-state index contributed by atoms with van der Waals surface area (Å²) in [5.41, 5.74) is 3.36. The number of hydrogen-bond acceptors (Lipinski definition) is 6. The molecule has 1 aromatic carbocycles. The zero-order valence-corrected chi connectivity index (χ0v) is 25.2. The summed E-state index contributed by atoms with van der Waals surface area (Å²) in [6.07, 6.45) is 3.08. The lowest BCUT2D eigenvalue weighted by Gasteiger charge is -2.36. The molecule has 2 fully saturated rings. The average molecular weight is 564 g/mol. The van der Waals surface area contributed by atoms with Crippen LogP contribution in [0.2, 0.25) is 0 Å². The molecule has 0 bridgehead atoms. The molecule has 40 heavy (non-hydrogen) atoms. The van der Waals surface area contributed by atoms with Crippen LogP contribution in [0.5, 0.6) is 0 Å².